The summed E-state index contributed by atoms with van der Waals surface area (Å²) in [6, 6.07) is 9.73. The van der Waals surface area contributed by atoms with Gasteiger partial charge in [0.05, 0.1) is 0 Å². The molecule has 0 aliphatic carbocycles. The van der Waals surface area contributed by atoms with Crippen molar-refractivity contribution in [3.05, 3.63) is 63.4 Å². The first kappa shape index (κ1) is 15.5. The molecule has 0 radical (unpaired) electrons. The molecule has 2 aromatic rings. The van der Waals surface area contributed by atoms with E-state index in [9.17, 15) is 9.18 Å². The van der Waals surface area contributed by atoms with Gasteiger partial charge >= 0.3 is 0 Å². The summed E-state index contributed by atoms with van der Waals surface area (Å²) in [4.78, 5) is 14.1. The van der Waals surface area contributed by atoms with Crippen molar-refractivity contribution in [3.63, 3.8) is 0 Å². The molecule has 0 aliphatic heterocycles. The Morgan fingerprint density at radius 2 is 2.05 bits per heavy atom. The van der Waals surface area contributed by atoms with Gasteiger partial charge in [-0.1, -0.05) is 28.1 Å². The first-order valence-corrected chi connectivity index (χ1v) is 7.23. The van der Waals surface area contributed by atoms with Crippen LogP contribution in [0.5, 0.6) is 0 Å². The summed E-state index contributed by atoms with van der Waals surface area (Å²) in [5.74, 6) is -0.457. The molecule has 3 nitrogen and oxygen atoms in total. The van der Waals surface area contributed by atoms with Crippen molar-refractivity contribution in [1.82, 2.24) is 4.90 Å². The van der Waals surface area contributed by atoms with Gasteiger partial charge in [0, 0.05) is 29.3 Å². The molecule has 0 saturated carbocycles. The van der Waals surface area contributed by atoms with Crippen molar-refractivity contribution in [1.29, 1.82) is 0 Å². The number of halogens is 2. The molecule has 2 N–H and O–H groups in total. The van der Waals surface area contributed by atoms with Gasteiger partial charge < -0.3 is 10.6 Å². The van der Waals surface area contributed by atoms with Crippen LogP contribution in [-0.4, -0.2) is 17.9 Å². The SMILES string of the molecule is Cc1c(N)cc(Br)cc1C(=O)N(C)Cc1cccc(F)c1. The first-order chi connectivity index (χ1) is 9.88. The fourth-order valence-electron chi connectivity index (χ4n) is 2.11. The van der Waals surface area contributed by atoms with E-state index >= 15 is 0 Å². The average Bonchev–Trinajstić information content (AvgIpc) is 2.42. The molecule has 0 saturated heterocycles. The second-order valence-electron chi connectivity index (χ2n) is 4.96. The predicted molar refractivity (Wildman–Crippen MR) is 85.5 cm³/mol. The number of hydrogen-bond acceptors (Lipinski definition) is 2. The summed E-state index contributed by atoms with van der Waals surface area (Å²) in [5, 5.41) is 0. The van der Waals surface area contributed by atoms with Gasteiger partial charge in [0.2, 0.25) is 0 Å². The number of carbonyl (C=O) groups excluding carboxylic acids is 1. The molecule has 1 amide bonds. The molecule has 0 aliphatic rings. The number of nitrogens with zero attached hydrogens (tertiary/aromatic N) is 1. The van der Waals surface area contributed by atoms with Crippen LogP contribution >= 0.6 is 15.9 Å². The molecule has 0 atom stereocenters. The minimum Gasteiger partial charge on any atom is -0.398 e. The van der Waals surface area contributed by atoms with E-state index in [0.717, 1.165) is 15.6 Å². The van der Waals surface area contributed by atoms with Crippen LogP contribution in [0.25, 0.3) is 0 Å². The highest BCUT2D eigenvalue weighted by molar-refractivity contribution is 9.10. The molecule has 0 heterocycles. The maximum atomic E-state index is 13.2. The molecule has 0 bridgehead atoms. The molecule has 110 valence electrons. The highest BCUT2D eigenvalue weighted by Gasteiger charge is 2.16. The lowest BCUT2D eigenvalue weighted by Gasteiger charge is -2.19. The Balaban J connectivity index is 2.24. The normalized spacial score (nSPS) is 10.5. The molecule has 2 rings (SSSR count). The number of amides is 1. The topological polar surface area (TPSA) is 46.3 Å². The van der Waals surface area contributed by atoms with Gasteiger partial charge in [0.15, 0.2) is 0 Å². The van der Waals surface area contributed by atoms with E-state index in [2.05, 4.69) is 15.9 Å². The Kier molecular flexibility index (Phi) is 4.63. The zero-order chi connectivity index (χ0) is 15.6. The largest absolute Gasteiger partial charge is 0.398 e. The summed E-state index contributed by atoms with van der Waals surface area (Å²) >= 11 is 3.34. The third-order valence-corrected chi connectivity index (χ3v) is 3.76. The molecule has 5 heteroatoms. The van der Waals surface area contributed by atoms with Crippen molar-refractivity contribution < 1.29 is 9.18 Å². The molecule has 0 unspecified atom stereocenters. The van der Waals surface area contributed by atoms with Gasteiger partial charge in [-0.3, -0.25) is 4.79 Å². The second kappa shape index (κ2) is 6.26. The van der Waals surface area contributed by atoms with Crippen LogP contribution in [0.1, 0.15) is 21.5 Å². The van der Waals surface area contributed by atoms with E-state index < -0.39 is 0 Å². The molecular weight excluding hydrogens is 335 g/mol. The summed E-state index contributed by atoms with van der Waals surface area (Å²) < 4.78 is 13.9. The zero-order valence-corrected chi connectivity index (χ0v) is 13.4. The van der Waals surface area contributed by atoms with Crippen molar-refractivity contribution in [2.24, 2.45) is 0 Å². The minimum atomic E-state index is -0.309. The van der Waals surface area contributed by atoms with E-state index in [4.69, 9.17) is 5.73 Å². The number of nitrogens with two attached hydrogens (primary N) is 1. The van der Waals surface area contributed by atoms with Gasteiger partial charge in [-0.2, -0.15) is 0 Å². The lowest BCUT2D eigenvalue weighted by molar-refractivity contribution is 0.0784. The maximum Gasteiger partial charge on any atom is 0.254 e. The Morgan fingerprint density at radius 3 is 2.71 bits per heavy atom. The third-order valence-electron chi connectivity index (χ3n) is 3.30. The fraction of sp³-hybridized carbons (Fsp3) is 0.188. The Morgan fingerprint density at radius 1 is 1.33 bits per heavy atom. The Bertz CT molecular complexity index is 688. The maximum absolute atomic E-state index is 13.2. The number of anilines is 1. The Labute approximate surface area is 131 Å². The van der Waals surface area contributed by atoms with Crippen LogP contribution in [0.3, 0.4) is 0 Å². The number of hydrogen-bond donors (Lipinski definition) is 1. The van der Waals surface area contributed by atoms with Crippen molar-refractivity contribution in [2.75, 3.05) is 12.8 Å². The minimum absolute atomic E-state index is 0.148. The van der Waals surface area contributed by atoms with Crippen molar-refractivity contribution >= 4 is 27.5 Å². The van der Waals surface area contributed by atoms with Crippen LogP contribution in [-0.2, 0) is 6.54 Å². The van der Waals surface area contributed by atoms with Crippen molar-refractivity contribution in [3.8, 4) is 0 Å². The van der Waals surface area contributed by atoms with Crippen LogP contribution in [0.15, 0.2) is 40.9 Å². The molecule has 21 heavy (non-hydrogen) atoms. The molecular formula is C16H16BrFN2O. The summed E-state index contributed by atoms with van der Waals surface area (Å²) in [5.41, 5.74) is 8.47. The van der Waals surface area contributed by atoms with Crippen LogP contribution in [0, 0.1) is 12.7 Å². The van der Waals surface area contributed by atoms with E-state index in [1.54, 1.807) is 36.2 Å². The Hall–Kier alpha value is -1.88. The van der Waals surface area contributed by atoms with Crippen molar-refractivity contribution in [2.45, 2.75) is 13.5 Å². The van der Waals surface area contributed by atoms with E-state index in [-0.39, 0.29) is 11.7 Å². The fourth-order valence-corrected chi connectivity index (χ4v) is 2.58. The number of carbonyl (C=O) groups is 1. The van der Waals surface area contributed by atoms with Crippen LogP contribution in [0.2, 0.25) is 0 Å². The zero-order valence-electron chi connectivity index (χ0n) is 11.9. The van der Waals surface area contributed by atoms with Crippen LogP contribution in [0.4, 0.5) is 10.1 Å². The van der Waals surface area contributed by atoms with Gasteiger partial charge in [0.1, 0.15) is 5.82 Å². The van der Waals surface area contributed by atoms with Gasteiger partial charge in [-0.15, -0.1) is 0 Å². The molecule has 0 fully saturated rings. The lowest BCUT2D eigenvalue weighted by atomic mass is 10.1. The first-order valence-electron chi connectivity index (χ1n) is 6.44. The van der Waals surface area contributed by atoms with Gasteiger partial charge in [-0.05, 0) is 42.3 Å². The quantitative estimate of drug-likeness (QED) is 0.856. The van der Waals surface area contributed by atoms with E-state index in [0.29, 0.717) is 17.8 Å². The second-order valence-corrected chi connectivity index (χ2v) is 5.87. The molecule has 0 aromatic heterocycles. The lowest BCUT2D eigenvalue weighted by Crippen LogP contribution is -2.27. The van der Waals surface area contributed by atoms with Gasteiger partial charge in [0.25, 0.3) is 5.91 Å². The van der Waals surface area contributed by atoms with E-state index in [1.165, 1.54) is 12.1 Å². The number of benzene rings is 2. The highest BCUT2D eigenvalue weighted by atomic mass is 79.9. The average molecular weight is 351 g/mol. The highest BCUT2D eigenvalue weighted by Crippen LogP contribution is 2.24. The summed E-state index contributed by atoms with van der Waals surface area (Å²) in [6.07, 6.45) is 0. The van der Waals surface area contributed by atoms with Gasteiger partial charge in [-0.25, -0.2) is 4.39 Å². The number of nitrogen functional groups attached to an aromatic ring is 1. The smallest absolute Gasteiger partial charge is 0.254 e. The number of rotatable bonds is 3. The van der Waals surface area contributed by atoms with Crippen LogP contribution < -0.4 is 5.73 Å². The standard InChI is InChI=1S/C16H16BrFN2O/c1-10-14(7-12(17)8-15(10)19)16(21)20(2)9-11-4-3-5-13(18)6-11/h3-8H,9,19H2,1-2H3. The monoisotopic (exact) mass is 350 g/mol. The third kappa shape index (κ3) is 3.61. The molecule has 0 spiro atoms. The summed E-state index contributed by atoms with van der Waals surface area (Å²) in [6.45, 7) is 2.15. The van der Waals surface area contributed by atoms with E-state index in [1.807, 2.05) is 6.92 Å². The molecule has 2 aromatic carbocycles. The summed E-state index contributed by atoms with van der Waals surface area (Å²) in [7, 11) is 1.68. The predicted octanol–water partition coefficient (Wildman–Crippen LogP) is 3.75.